The molecule has 0 amide bonds. The van der Waals surface area contributed by atoms with E-state index in [9.17, 15) is 0 Å². The van der Waals surface area contributed by atoms with Gasteiger partial charge in [0.25, 0.3) is 0 Å². The van der Waals surface area contributed by atoms with E-state index in [1.54, 1.807) is 34.9 Å². The van der Waals surface area contributed by atoms with Crippen molar-refractivity contribution >= 4 is 11.8 Å². The van der Waals surface area contributed by atoms with Gasteiger partial charge < -0.3 is 4.57 Å². The summed E-state index contributed by atoms with van der Waals surface area (Å²) in [7, 11) is 1.94. The zero-order valence-electron chi connectivity index (χ0n) is 15.4. The summed E-state index contributed by atoms with van der Waals surface area (Å²) < 4.78 is 3.67. The largest absolute Gasteiger partial charge is 0.312 e. The Morgan fingerprint density at radius 2 is 1.93 bits per heavy atom. The van der Waals surface area contributed by atoms with Gasteiger partial charge in [0.05, 0.1) is 23.5 Å². The van der Waals surface area contributed by atoms with Crippen LogP contribution in [-0.4, -0.2) is 29.8 Å². The van der Waals surface area contributed by atoms with Crippen molar-refractivity contribution in [2.75, 3.05) is 0 Å². The van der Waals surface area contributed by atoms with Crippen molar-refractivity contribution in [2.24, 2.45) is 7.05 Å². The Bertz CT molecular complexity index is 1140. The number of rotatable bonds is 5. The van der Waals surface area contributed by atoms with E-state index in [-0.39, 0.29) is 5.25 Å². The van der Waals surface area contributed by atoms with Crippen molar-refractivity contribution < 1.29 is 0 Å². The number of aromatic nitrogens is 6. The molecule has 0 saturated heterocycles. The van der Waals surface area contributed by atoms with E-state index in [0.29, 0.717) is 5.56 Å². The molecular formula is C20H17N7S. The Morgan fingerprint density at radius 3 is 2.64 bits per heavy atom. The molecular weight excluding hydrogens is 370 g/mol. The van der Waals surface area contributed by atoms with Crippen molar-refractivity contribution in [3.63, 3.8) is 0 Å². The number of hydrogen-bond acceptors (Lipinski definition) is 6. The third kappa shape index (κ3) is 3.66. The first-order valence-electron chi connectivity index (χ1n) is 8.68. The van der Waals surface area contributed by atoms with Crippen LogP contribution in [0.1, 0.15) is 23.3 Å². The molecule has 0 aliphatic heterocycles. The molecule has 0 saturated carbocycles. The molecule has 7 nitrogen and oxygen atoms in total. The highest BCUT2D eigenvalue weighted by molar-refractivity contribution is 7.99. The van der Waals surface area contributed by atoms with Crippen LogP contribution >= 0.6 is 11.8 Å². The first kappa shape index (κ1) is 17.9. The summed E-state index contributed by atoms with van der Waals surface area (Å²) in [6, 6.07) is 17.6. The second kappa shape index (κ2) is 7.66. The van der Waals surface area contributed by atoms with Crippen LogP contribution < -0.4 is 0 Å². The van der Waals surface area contributed by atoms with Crippen LogP contribution in [0.4, 0.5) is 0 Å². The number of aryl methyl sites for hydroxylation is 1. The van der Waals surface area contributed by atoms with Gasteiger partial charge in [0, 0.05) is 17.9 Å². The van der Waals surface area contributed by atoms with Gasteiger partial charge in [-0.15, -0.1) is 15.3 Å². The quantitative estimate of drug-likeness (QED) is 0.484. The zero-order chi connectivity index (χ0) is 19.5. The van der Waals surface area contributed by atoms with Crippen molar-refractivity contribution in [2.45, 2.75) is 17.3 Å². The molecule has 1 atom stereocenters. The average molecular weight is 387 g/mol. The molecule has 4 aromatic rings. The minimum atomic E-state index is 0.212. The van der Waals surface area contributed by atoms with Gasteiger partial charge >= 0.3 is 0 Å². The number of thioether (sulfide) groups is 1. The first-order chi connectivity index (χ1) is 13.6. The summed E-state index contributed by atoms with van der Waals surface area (Å²) in [4.78, 5) is 0. The number of benzene rings is 2. The summed E-state index contributed by atoms with van der Waals surface area (Å²) in [5.41, 5.74) is 4.42. The monoisotopic (exact) mass is 387 g/mol. The zero-order valence-corrected chi connectivity index (χ0v) is 16.2. The minimum absolute atomic E-state index is 0.212. The lowest BCUT2D eigenvalue weighted by Gasteiger charge is -2.12. The summed E-state index contributed by atoms with van der Waals surface area (Å²) in [6.07, 6.45) is 3.59. The highest BCUT2D eigenvalue weighted by Crippen LogP contribution is 2.33. The number of nitriles is 1. The fourth-order valence-corrected chi connectivity index (χ4v) is 3.67. The lowest BCUT2D eigenvalue weighted by molar-refractivity contribution is 0.784. The van der Waals surface area contributed by atoms with Crippen LogP contribution in [-0.2, 0) is 7.05 Å². The van der Waals surface area contributed by atoms with E-state index in [4.69, 9.17) is 5.26 Å². The normalized spacial score (nSPS) is 11.9. The van der Waals surface area contributed by atoms with Crippen LogP contribution in [0, 0.1) is 11.3 Å². The molecule has 0 fully saturated rings. The van der Waals surface area contributed by atoms with Crippen molar-refractivity contribution in [3.05, 3.63) is 72.2 Å². The lowest BCUT2D eigenvalue weighted by atomic mass is 10.1. The molecule has 0 radical (unpaired) electrons. The van der Waals surface area contributed by atoms with Gasteiger partial charge in [-0.1, -0.05) is 41.2 Å². The van der Waals surface area contributed by atoms with Crippen LogP contribution in [0.2, 0.25) is 0 Å². The van der Waals surface area contributed by atoms with Gasteiger partial charge in [0.15, 0.2) is 5.16 Å². The molecule has 8 heteroatoms. The third-order valence-corrected chi connectivity index (χ3v) is 5.57. The first-order valence-corrected chi connectivity index (χ1v) is 9.56. The van der Waals surface area contributed by atoms with Gasteiger partial charge in [-0.05, 0) is 36.8 Å². The second-order valence-corrected chi connectivity index (χ2v) is 7.62. The van der Waals surface area contributed by atoms with Gasteiger partial charge in [-0.25, -0.2) is 4.68 Å². The maximum Gasteiger partial charge on any atom is 0.191 e. The van der Waals surface area contributed by atoms with Crippen molar-refractivity contribution in [1.82, 2.24) is 29.8 Å². The summed E-state index contributed by atoms with van der Waals surface area (Å²) >= 11 is 1.66. The highest BCUT2D eigenvalue weighted by atomic mass is 32.2. The van der Waals surface area contributed by atoms with E-state index in [2.05, 4.69) is 45.6 Å². The topological polar surface area (TPSA) is 85.2 Å². The maximum absolute atomic E-state index is 8.93. The molecule has 0 unspecified atom stereocenters. The molecule has 138 valence electrons. The van der Waals surface area contributed by atoms with E-state index >= 15 is 0 Å². The maximum atomic E-state index is 8.93. The Kier molecular flexibility index (Phi) is 4.91. The van der Waals surface area contributed by atoms with Gasteiger partial charge in [0.2, 0.25) is 0 Å². The average Bonchev–Trinajstić information content (AvgIpc) is 3.38. The van der Waals surface area contributed by atoms with Crippen molar-refractivity contribution in [1.29, 1.82) is 5.26 Å². The lowest BCUT2D eigenvalue weighted by Crippen LogP contribution is -1.98. The Labute approximate surface area is 166 Å². The summed E-state index contributed by atoms with van der Waals surface area (Å²) in [5, 5.41) is 26.6. The van der Waals surface area contributed by atoms with Gasteiger partial charge in [-0.3, -0.25) is 0 Å². The molecule has 2 heterocycles. The Hall–Kier alpha value is -3.44. The van der Waals surface area contributed by atoms with E-state index in [1.165, 1.54) is 5.56 Å². The van der Waals surface area contributed by atoms with Crippen molar-refractivity contribution in [3.8, 4) is 23.0 Å². The molecule has 28 heavy (non-hydrogen) atoms. The van der Waals surface area contributed by atoms with Crippen LogP contribution in [0.5, 0.6) is 0 Å². The predicted molar refractivity (Wildman–Crippen MR) is 107 cm³/mol. The highest BCUT2D eigenvalue weighted by Gasteiger charge is 2.13. The Morgan fingerprint density at radius 1 is 1.11 bits per heavy atom. The van der Waals surface area contributed by atoms with Crippen LogP contribution in [0.25, 0.3) is 16.9 Å². The van der Waals surface area contributed by atoms with Crippen LogP contribution in [0.3, 0.4) is 0 Å². The molecule has 0 spiro atoms. The molecule has 0 aliphatic rings. The summed E-state index contributed by atoms with van der Waals surface area (Å²) in [6.45, 7) is 2.14. The van der Waals surface area contributed by atoms with Gasteiger partial charge in [0.1, 0.15) is 12.0 Å². The predicted octanol–water partition coefficient (Wildman–Crippen LogP) is 3.79. The SMILES string of the molecule is C[C@H](Sc1nncn1C)c1cccc(-n2cc(-c3ccc(C#N)cc3)nn2)c1. The Balaban J connectivity index is 1.57. The van der Waals surface area contributed by atoms with E-state index in [0.717, 1.165) is 22.1 Å². The molecule has 2 aromatic carbocycles. The number of nitrogens with zero attached hydrogens (tertiary/aromatic N) is 7. The molecule has 0 aliphatic carbocycles. The molecule has 2 aromatic heterocycles. The van der Waals surface area contributed by atoms with E-state index < -0.39 is 0 Å². The molecule has 0 N–H and O–H groups in total. The van der Waals surface area contributed by atoms with Gasteiger partial charge in [-0.2, -0.15) is 5.26 Å². The molecule has 4 rings (SSSR count). The standard InChI is InChI=1S/C20H17N7S/c1-14(28-20-24-22-13-26(20)2)17-4-3-5-18(10-17)27-12-19(23-25-27)16-8-6-15(11-21)7-9-16/h3-10,12-14H,1-2H3/t14-/m0/s1. The summed E-state index contributed by atoms with van der Waals surface area (Å²) in [5.74, 6) is 0. The fraction of sp³-hybridized carbons (Fsp3) is 0.150. The number of hydrogen-bond donors (Lipinski definition) is 0. The minimum Gasteiger partial charge on any atom is -0.312 e. The third-order valence-electron chi connectivity index (χ3n) is 4.36. The smallest absolute Gasteiger partial charge is 0.191 e. The second-order valence-electron chi connectivity index (χ2n) is 6.32. The van der Waals surface area contributed by atoms with E-state index in [1.807, 2.05) is 42.1 Å². The fourth-order valence-electron chi connectivity index (χ4n) is 2.76. The molecule has 0 bridgehead atoms. The van der Waals surface area contributed by atoms with Crippen LogP contribution in [0.15, 0.2) is 66.2 Å².